The molecular weight excluding hydrogens is 400 g/mol. The third-order valence-electron chi connectivity index (χ3n) is 5.69. The smallest absolute Gasteiger partial charge is 0.227 e. The Kier molecular flexibility index (Phi) is 8.28. The molecule has 2 aromatic rings. The minimum Gasteiger partial charge on any atom is -0.355 e. The fourth-order valence-corrected chi connectivity index (χ4v) is 4.03. The van der Waals surface area contributed by atoms with Gasteiger partial charge in [-0.15, -0.1) is 0 Å². The summed E-state index contributed by atoms with van der Waals surface area (Å²) in [6.45, 7) is 7.21. The molecule has 0 saturated carbocycles. The lowest BCUT2D eigenvalue weighted by atomic mass is 9.96. The van der Waals surface area contributed by atoms with Crippen LogP contribution in [0.5, 0.6) is 0 Å². The van der Waals surface area contributed by atoms with Crippen LogP contribution in [0.25, 0.3) is 0 Å². The molecule has 2 N–H and O–H groups in total. The number of anilines is 2. The van der Waals surface area contributed by atoms with Crippen LogP contribution >= 0.6 is 0 Å². The van der Waals surface area contributed by atoms with E-state index in [2.05, 4.69) is 36.6 Å². The van der Waals surface area contributed by atoms with Crippen molar-refractivity contribution in [2.75, 3.05) is 39.0 Å². The molecule has 172 valence electrons. The highest BCUT2D eigenvalue weighted by molar-refractivity contribution is 5.84. The number of likely N-dealkylation sites (N-methyl/N-ethyl adjacent to an activating group) is 1. The van der Waals surface area contributed by atoms with E-state index in [0.29, 0.717) is 38.3 Å². The molecule has 2 aromatic carbocycles. The zero-order valence-corrected chi connectivity index (χ0v) is 19.8. The van der Waals surface area contributed by atoms with E-state index in [1.807, 2.05) is 54.2 Å². The molecular formula is C26H36N4O2. The maximum Gasteiger partial charge on any atom is 0.227 e. The second kappa shape index (κ2) is 11.1. The number of aryl methyl sites for hydroxylation is 1. The molecule has 0 radical (unpaired) electrons. The zero-order valence-electron chi connectivity index (χ0n) is 19.8. The summed E-state index contributed by atoms with van der Waals surface area (Å²) in [6, 6.07) is 14.3. The summed E-state index contributed by atoms with van der Waals surface area (Å²) < 4.78 is 0. The zero-order chi connectivity index (χ0) is 23.1. The van der Waals surface area contributed by atoms with Gasteiger partial charge in [0.05, 0.1) is 6.42 Å². The van der Waals surface area contributed by atoms with Crippen LogP contribution in [-0.4, -0.2) is 55.3 Å². The molecule has 1 aliphatic heterocycles. The maximum atomic E-state index is 12.7. The number of nitrogens with one attached hydrogen (secondary N) is 2. The number of para-hydroxylation sites is 1. The lowest BCUT2D eigenvalue weighted by Crippen LogP contribution is -2.38. The number of nitrogens with zero attached hydrogens (tertiary/aromatic N) is 2. The quantitative estimate of drug-likeness (QED) is 0.598. The Labute approximate surface area is 192 Å². The normalized spacial score (nSPS) is 13.4. The number of hydrogen-bond acceptors (Lipinski definition) is 4. The van der Waals surface area contributed by atoms with Crippen LogP contribution in [-0.2, 0) is 29.0 Å². The van der Waals surface area contributed by atoms with E-state index in [1.54, 1.807) is 0 Å². The van der Waals surface area contributed by atoms with Gasteiger partial charge in [0.25, 0.3) is 0 Å². The number of carbonyl (C=O) groups excluding carboxylic acids is 2. The van der Waals surface area contributed by atoms with Crippen molar-refractivity contribution in [3.8, 4) is 0 Å². The van der Waals surface area contributed by atoms with Crippen LogP contribution in [0.1, 0.15) is 37.0 Å². The highest BCUT2D eigenvalue weighted by atomic mass is 16.2. The maximum absolute atomic E-state index is 12.7. The predicted octanol–water partition coefficient (Wildman–Crippen LogP) is 3.58. The summed E-state index contributed by atoms with van der Waals surface area (Å²) >= 11 is 0. The molecule has 0 aliphatic carbocycles. The second-order valence-electron chi connectivity index (χ2n) is 9.22. The number of amides is 2. The van der Waals surface area contributed by atoms with E-state index in [9.17, 15) is 9.59 Å². The molecule has 2 amide bonds. The minimum atomic E-state index is 0.0644. The van der Waals surface area contributed by atoms with Gasteiger partial charge in [0.2, 0.25) is 11.8 Å². The first kappa shape index (κ1) is 23.8. The Morgan fingerprint density at radius 3 is 2.59 bits per heavy atom. The van der Waals surface area contributed by atoms with Crippen molar-refractivity contribution in [3.63, 3.8) is 0 Å². The standard InChI is InChI=1S/C26H36N4O2/c1-19(2)17-30-18-21-9-7-11-24(22(21)16-26(30)32)28-23-10-6-5-8-20(23)12-13-25(31)27-14-15-29(3)4/h5-11,19,28H,12-18H2,1-4H3,(H,27,31). The molecule has 6 heteroatoms. The summed E-state index contributed by atoms with van der Waals surface area (Å²) in [4.78, 5) is 28.9. The molecule has 0 spiro atoms. The molecule has 6 nitrogen and oxygen atoms in total. The molecule has 0 bridgehead atoms. The van der Waals surface area contributed by atoms with Crippen molar-refractivity contribution in [1.29, 1.82) is 0 Å². The van der Waals surface area contributed by atoms with Gasteiger partial charge in [0.15, 0.2) is 0 Å². The van der Waals surface area contributed by atoms with Crippen molar-refractivity contribution in [2.45, 2.75) is 39.7 Å². The third-order valence-corrected chi connectivity index (χ3v) is 5.69. The van der Waals surface area contributed by atoms with Gasteiger partial charge < -0.3 is 20.4 Å². The minimum absolute atomic E-state index is 0.0644. The first-order valence-corrected chi connectivity index (χ1v) is 11.5. The van der Waals surface area contributed by atoms with Crippen molar-refractivity contribution in [2.24, 2.45) is 5.92 Å². The van der Waals surface area contributed by atoms with Crippen LogP contribution in [0.4, 0.5) is 11.4 Å². The Balaban J connectivity index is 1.69. The van der Waals surface area contributed by atoms with E-state index in [1.165, 1.54) is 5.56 Å². The molecule has 0 atom stereocenters. The van der Waals surface area contributed by atoms with Gasteiger partial charge in [-0.2, -0.15) is 0 Å². The third kappa shape index (κ3) is 6.57. The summed E-state index contributed by atoms with van der Waals surface area (Å²) in [5.74, 6) is 0.700. The lowest BCUT2D eigenvalue weighted by molar-refractivity contribution is -0.132. The largest absolute Gasteiger partial charge is 0.355 e. The van der Waals surface area contributed by atoms with Gasteiger partial charge in [0.1, 0.15) is 0 Å². The average Bonchev–Trinajstić information content (AvgIpc) is 2.73. The van der Waals surface area contributed by atoms with E-state index in [4.69, 9.17) is 0 Å². The molecule has 0 fully saturated rings. The summed E-state index contributed by atoms with van der Waals surface area (Å²) in [5, 5.41) is 6.52. The van der Waals surface area contributed by atoms with Crippen LogP contribution < -0.4 is 10.6 Å². The molecule has 0 unspecified atom stereocenters. The van der Waals surface area contributed by atoms with Crippen molar-refractivity contribution < 1.29 is 9.59 Å². The van der Waals surface area contributed by atoms with Gasteiger partial charge in [-0.05, 0) is 55.3 Å². The Bertz CT molecular complexity index is 939. The lowest BCUT2D eigenvalue weighted by Gasteiger charge is -2.31. The molecule has 1 heterocycles. The molecule has 32 heavy (non-hydrogen) atoms. The fraction of sp³-hybridized carbons (Fsp3) is 0.462. The number of fused-ring (bicyclic) bond motifs is 1. The average molecular weight is 437 g/mol. The SMILES string of the molecule is CC(C)CN1Cc2cccc(Nc3ccccc3CCC(=O)NCCN(C)C)c2CC1=O. The Morgan fingerprint density at radius 2 is 1.84 bits per heavy atom. The van der Waals surface area contributed by atoms with Crippen LogP contribution in [0.15, 0.2) is 42.5 Å². The van der Waals surface area contributed by atoms with E-state index < -0.39 is 0 Å². The van der Waals surface area contributed by atoms with E-state index >= 15 is 0 Å². The predicted molar refractivity (Wildman–Crippen MR) is 130 cm³/mol. The van der Waals surface area contributed by atoms with Crippen LogP contribution in [0.2, 0.25) is 0 Å². The molecule has 0 saturated heterocycles. The van der Waals surface area contributed by atoms with Gasteiger partial charge in [-0.25, -0.2) is 0 Å². The summed E-state index contributed by atoms with van der Waals surface area (Å²) in [6.07, 6.45) is 1.52. The van der Waals surface area contributed by atoms with Crippen LogP contribution in [0, 0.1) is 5.92 Å². The summed E-state index contributed by atoms with van der Waals surface area (Å²) in [5.41, 5.74) is 5.33. The monoisotopic (exact) mass is 436 g/mol. The Hall–Kier alpha value is -2.86. The van der Waals surface area contributed by atoms with E-state index in [0.717, 1.165) is 35.6 Å². The fourth-order valence-electron chi connectivity index (χ4n) is 4.03. The molecule has 0 aromatic heterocycles. The molecule has 1 aliphatic rings. The first-order chi connectivity index (χ1) is 15.3. The number of hydrogen-bond donors (Lipinski definition) is 2. The second-order valence-corrected chi connectivity index (χ2v) is 9.22. The Morgan fingerprint density at radius 1 is 1.09 bits per heavy atom. The van der Waals surface area contributed by atoms with Gasteiger partial charge in [-0.1, -0.05) is 44.2 Å². The number of rotatable bonds is 10. The number of carbonyl (C=O) groups is 2. The molecule has 3 rings (SSSR count). The van der Waals surface area contributed by atoms with Gasteiger partial charge in [0, 0.05) is 44.0 Å². The van der Waals surface area contributed by atoms with Gasteiger partial charge in [-0.3, -0.25) is 9.59 Å². The van der Waals surface area contributed by atoms with Crippen molar-refractivity contribution in [3.05, 3.63) is 59.2 Å². The first-order valence-electron chi connectivity index (χ1n) is 11.5. The highest BCUT2D eigenvalue weighted by Crippen LogP contribution is 2.31. The topological polar surface area (TPSA) is 64.7 Å². The number of benzene rings is 2. The highest BCUT2D eigenvalue weighted by Gasteiger charge is 2.25. The summed E-state index contributed by atoms with van der Waals surface area (Å²) in [7, 11) is 3.98. The van der Waals surface area contributed by atoms with Crippen molar-refractivity contribution in [1.82, 2.24) is 15.1 Å². The van der Waals surface area contributed by atoms with Crippen LogP contribution in [0.3, 0.4) is 0 Å². The van der Waals surface area contributed by atoms with Crippen molar-refractivity contribution >= 4 is 23.2 Å². The van der Waals surface area contributed by atoms with Gasteiger partial charge >= 0.3 is 0 Å². The van der Waals surface area contributed by atoms with E-state index in [-0.39, 0.29) is 11.8 Å².